The third-order valence-corrected chi connectivity index (χ3v) is 3.21. The highest BCUT2D eigenvalue weighted by molar-refractivity contribution is 6.04. The summed E-state index contributed by atoms with van der Waals surface area (Å²) in [5.74, 6) is -0.349. The number of aromatic amines is 1. The average molecular weight is 309 g/mol. The number of para-hydroxylation sites is 1. The minimum atomic E-state index is -0.741. The van der Waals surface area contributed by atoms with Gasteiger partial charge in [0.05, 0.1) is 0 Å². The standard InChI is InChI=1S/C17H12N2O4/c20-14-9-6-12(7-10-14)8-11-15(21)16-17(22)23-18-19(16)13-4-2-1-3-5-13/h1-11H,(H-,18,20,21,22)/p+1. The van der Waals surface area contributed by atoms with Crippen LogP contribution in [0.4, 0.5) is 0 Å². The second-order valence-corrected chi connectivity index (χ2v) is 4.79. The van der Waals surface area contributed by atoms with Gasteiger partial charge in [-0.2, -0.15) is 0 Å². The van der Waals surface area contributed by atoms with Crippen LogP contribution in [-0.4, -0.2) is 16.2 Å². The first kappa shape index (κ1) is 14.5. The largest absolute Gasteiger partial charge is 0.508 e. The Morgan fingerprint density at radius 1 is 1.09 bits per heavy atom. The lowest BCUT2D eigenvalue weighted by Gasteiger charge is -1.93. The van der Waals surface area contributed by atoms with Crippen molar-refractivity contribution in [2.75, 3.05) is 0 Å². The minimum Gasteiger partial charge on any atom is -0.508 e. The molecular weight excluding hydrogens is 296 g/mol. The van der Waals surface area contributed by atoms with Gasteiger partial charge in [0.25, 0.3) is 5.78 Å². The van der Waals surface area contributed by atoms with Crippen LogP contribution in [0.5, 0.6) is 5.75 Å². The zero-order chi connectivity index (χ0) is 16.2. The predicted molar refractivity (Wildman–Crippen MR) is 82.3 cm³/mol. The molecule has 0 bridgehead atoms. The molecule has 0 atom stereocenters. The number of nitrogens with one attached hydrogen (secondary N) is 1. The molecule has 6 nitrogen and oxygen atoms in total. The molecule has 114 valence electrons. The van der Waals surface area contributed by atoms with Gasteiger partial charge in [0, 0.05) is 12.1 Å². The van der Waals surface area contributed by atoms with Crippen molar-refractivity contribution in [1.29, 1.82) is 0 Å². The van der Waals surface area contributed by atoms with Crippen molar-refractivity contribution in [3.05, 3.63) is 82.4 Å². The van der Waals surface area contributed by atoms with E-state index in [9.17, 15) is 14.7 Å². The number of carbonyl (C=O) groups excluding carboxylic acids is 1. The van der Waals surface area contributed by atoms with Gasteiger partial charge in [-0.1, -0.05) is 36.4 Å². The minimum absolute atomic E-state index is 0.119. The first-order valence-corrected chi connectivity index (χ1v) is 6.85. The Morgan fingerprint density at radius 2 is 1.78 bits per heavy atom. The van der Waals surface area contributed by atoms with Gasteiger partial charge in [-0.25, -0.2) is 4.79 Å². The Balaban J connectivity index is 1.93. The van der Waals surface area contributed by atoms with Crippen molar-refractivity contribution in [2.24, 2.45) is 0 Å². The number of hydrogen-bond acceptors (Lipinski definition) is 4. The van der Waals surface area contributed by atoms with Crippen LogP contribution in [0.15, 0.2) is 70.0 Å². The van der Waals surface area contributed by atoms with E-state index in [1.807, 2.05) is 6.07 Å². The normalized spacial score (nSPS) is 11.0. The monoisotopic (exact) mass is 309 g/mol. The summed E-state index contributed by atoms with van der Waals surface area (Å²) in [6.45, 7) is 0. The molecule has 0 radical (unpaired) electrons. The van der Waals surface area contributed by atoms with Gasteiger partial charge in [-0.15, -0.1) is 0 Å². The van der Waals surface area contributed by atoms with Gasteiger partial charge >= 0.3 is 11.3 Å². The number of carbonyl (C=O) groups is 1. The summed E-state index contributed by atoms with van der Waals surface area (Å²) in [5.41, 5.74) is 0.475. The van der Waals surface area contributed by atoms with E-state index in [0.29, 0.717) is 5.69 Å². The first-order valence-electron chi connectivity index (χ1n) is 6.85. The third kappa shape index (κ3) is 3.11. The Kier molecular flexibility index (Phi) is 3.88. The molecule has 2 N–H and O–H groups in total. The fourth-order valence-electron chi connectivity index (χ4n) is 2.08. The number of aromatic hydroxyl groups is 1. The highest BCUT2D eigenvalue weighted by Crippen LogP contribution is 2.11. The van der Waals surface area contributed by atoms with Gasteiger partial charge in [0.15, 0.2) is 0 Å². The molecule has 0 aliphatic carbocycles. The number of phenols is 1. The van der Waals surface area contributed by atoms with E-state index in [-0.39, 0.29) is 11.4 Å². The number of H-pyrrole nitrogens is 1. The number of ketones is 1. The van der Waals surface area contributed by atoms with E-state index < -0.39 is 11.4 Å². The molecule has 0 saturated heterocycles. The molecule has 2 aromatic carbocycles. The first-order chi connectivity index (χ1) is 11.1. The van der Waals surface area contributed by atoms with Gasteiger partial charge < -0.3 is 5.11 Å². The van der Waals surface area contributed by atoms with Crippen LogP contribution in [0.3, 0.4) is 0 Å². The Labute approximate surface area is 130 Å². The van der Waals surface area contributed by atoms with Crippen LogP contribution in [0.25, 0.3) is 11.8 Å². The Hall–Kier alpha value is -3.41. The molecule has 1 aromatic heterocycles. The molecule has 0 aliphatic heterocycles. The smallest absolute Gasteiger partial charge is 0.439 e. The van der Waals surface area contributed by atoms with Crippen LogP contribution in [-0.2, 0) is 0 Å². The zero-order valence-electron chi connectivity index (χ0n) is 12.0. The maximum Gasteiger partial charge on any atom is 0.439 e. The molecular formula is C17H13N2O4+. The molecule has 6 heteroatoms. The highest BCUT2D eigenvalue weighted by atomic mass is 16.5. The van der Waals surface area contributed by atoms with Gasteiger partial charge in [0.1, 0.15) is 5.75 Å². The van der Waals surface area contributed by atoms with Crippen LogP contribution < -0.4 is 10.3 Å². The Bertz CT molecular complexity index is 906. The molecule has 3 rings (SSSR count). The third-order valence-electron chi connectivity index (χ3n) is 3.21. The van der Waals surface area contributed by atoms with Crippen LogP contribution in [0.2, 0.25) is 0 Å². The lowest BCUT2D eigenvalue weighted by Crippen LogP contribution is -2.40. The zero-order valence-corrected chi connectivity index (χ0v) is 12.0. The van der Waals surface area contributed by atoms with Crippen molar-refractivity contribution < 1.29 is 19.1 Å². The number of rotatable bonds is 4. The lowest BCUT2D eigenvalue weighted by atomic mass is 10.1. The molecule has 3 aromatic rings. The van der Waals surface area contributed by atoms with Crippen LogP contribution in [0.1, 0.15) is 16.1 Å². The molecule has 0 spiro atoms. The summed E-state index contributed by atoms with van der Waals surface area (Å²) in [5, 5.41) is 11.6. The second-order valence-electron chi connectivity index (χ2n) is 4.79. The molecule has 0 unspecified atom stereocenters. The maximum atomic E-state index is 12.3. The molecule has 23 heavy (non-hydrogen) atoms. The molecule has 0 aliphatic rings. The summed E-state index contributed by atoms with van der Waals surface area (Å²) >= 11 is 0. The number of hydrogen-bond donors (Lipinski definition) is 2. The molecule has 1 heterocycles. The lowest BCUT2D eigenvalue weighted by molar-refractivity contribution is -0.672. The van der Waals surface area contributed by atoms with Crippen molar-refractivity contribution in [1.82, 2.24) is 5.27 Å². The van der Waals surface area contributed by atoms with Gasteiger partial charge in [-0.3, -0.25) is 9.32 Å². The predicted octanol–water partition coefficient (Wildman–Crippen LogP) is 1.85. The number of phenolic OH excluding ortho intramolecular Hbond substituents is 1. The maximum absolute atomic E-state index is 12.3. The topological polar surface area (TPSA) is 87.2 Å². The van der Waals surface area contributed by atoms with Crippen LogP contribution >= 0.6 is 0 Å². The van der Waals surface area contributed by atoms with Crippen molar-refractivity contribution >= 4 is 11.9 Å². The average Bonchev–Trinajstić information content (AvgIpc) is 2.96. The number of aromatic nitrogens is 2. The summed E-state index contributed by atoms with van der Waals surface area (Å²) in [6, 6.07) is 15.2. The fraction of sp³-hybridized carbons (Fsp3) is 0. The Morgan fingerprint density at radius 3 is 2.48 bits per heavy atom. The highest BCUT2D eigenvalue weighted by Gasteiger charge is 2.28. The van der Waals surface area contributed by atoms with Crippen LogP contribution in [0, 0.1) is 0 Å². The van der Waals surface area contributed by atoms with Crippen molar-refractivity contribution in [3.63, 3.8) is 0 Å². The van der Waals surface area contributed by atoms with E-state index in [4.69, 9.17) is 4.52 Å². The number of benzene rings is 2. The summed E-state index contributed by atoms with van der Waals surface area (Å²) in [7, 11) is 0. The molecule has 0 fully saturated rings. The van der Waals surface area contributed by atoms with Gasteiger partial charge in [0.2, 0.25) is 5.69 Å². The SMILES string of the molecule is O=C(/C=C/c1ccc(O)cc1)c1c(=O)o[nH][n+]1-c1ccccc1. The fourth-order valence-corrected chi connectivity index (χ4v) is 2.08. The van der Waals surface area contributed by atoms with Crippen molar-refractivity contribution in [3.8, 4) is 11.4 Å². The molecule has 0 saturated carbocycles. The van der Waals surface area contributed by atoms with E-state index in [0.717, 1.165) is 5.56 Å². The van der Waals surface area contributed by atoms with Gasteiger partial charge in [-0.05, 0) is 33.7 Å². The number of nitrogens with zero attached hydrogens (tertiary/aromatic N) is 1. The van der Waals surface area contributed by atoms with E-state index in [2.05, 4.69) is 5.27 Å². The van der Waals surface area contributed by atoms with E-state index in [1.54, 1.807) is 42.5 Å². The van der Waals surface area contributed by atoms with E-state index in [1.165, 1.54) is 22.9 Å². The summed E-state index contributed by atoms with van der Waals surface area (Å²) in [4.78, 5) is 24.1. The summed E-state index contributed by atoms with van der Waals surface area (Å²) < 4.78 is 6.03. The molecule has 0 amide bonds. The number of allylic oxidation sites excluding steroid dienone is 1. The summed E-state index contributed by atoms with van der Waals surface area (Å²) in [6.07, 6.45) is 2.84. The quantitative estimate of drug-likeness (QED) is 0.437. The van der Waals surface area contributed by atoms with Crippen molar-refractivity contribution in [2.45, 2.75) is 0 Å². The van der Waals surface area contributed by atoms with E-state index >= 15 is 0 Å². The second kappa shape index (κ2) is 6.15.